The van der Waals surface area contributed by atoms with Crippen LogP contribution in [0.2, 0.25) is 17.3 Å². The van der Waals surface area contributed by atoms with Gasteiger partial charge in [-0.25, -0.2) is 4.39 Å². The summed E-state index contributed by atoms with van der Waals surface area (Å²) in [6, 6.07) is 37.1. The van der Waals surface area contributed by atoms with Gasteiger partial charge in [0.25, 0.3) is 0 Å². The summed E-state index contributed by atoms with van der Waals surface area (Å²) in [5, 5.41) is 1.28. The molecule has 0 bridgehead atoms. The Labute approximate surface area is 330 Å². The molecule has 0 saturated heterocycles. The van der Waals surface area contributed by atoms with E-state index in [9.17, 15) is 4.39 Å². The molecule has 4 aromatic carbocycles. The van der Waals surface area contributed by atoms with Crippen LogP contribution in [-0.4, -0.2) is 28.2 Å². The van der Waals surface area contributed by atoms with Crippen molar-refractivity contribution in [2.75, 3.05) is 0 Å². The van der Waals surface area contributed by atoms with E-state index in [2.05, 4.69) is 44.5 Å². The molecule has 0 saturated carbocycles. The molecule has 4 nitrogen and oxygen atoms in total. The van der Waals surface area contributed by atoms with Crippen molar-refractivity contribution in [3.05, 3.63) is 180 Å². The monoisotopic (exact) mass is 929 g/mol. The predicted molar refractivity (Wildman–Crippen MR) is 208 cm³/mol. The number of pyridine rings is 3. The fourth-order valence-electron chi connectivity index (χ4n) is 5.63. The molecule has 8 rings (SSSR count). The molecular weight excluding hydrogens is 882 g/mol. The Morgan fingerprint density at radius 3 is 2.17 bits per heavy atom. The molecule has 0 atom stereocenters. The fraction of sp³-hybridized carbons (Fsp3) is 0.133. The number of rotatable bonds is 7. The molecule has 52 heavy (non-hydrogen) atoms. The first-order valence-corrected chi connectivity index (χ1v) is 23.8. The van der Waals surface area contributed by atoms with Crippen molar-refractivity contribution in [1.82, 2.24) is 15.0 Å². The number of hydrogen-bond acceptors (Lipinski definition) is 4. The van der Waals surface area contributed by atoms with Gasteiger partial charge in [-0.2, -0.15) is 0 Å². The van der Waals surface area contributed by atoms with Crippen LogP contribution < -0.4 is 4.40 Å². The minimum atomic E-state index is -2.42. The molecule has 4 heterocycles. The molecule has 0 spiro atoms. The van der Waals surface area contributed by atoms with Crippen molar-refractivity contribution in [3.63, 3.8) is 0 Å². The zero-order valence-corrected chi connectivity index (χ0v) is 33.2. The van der Waals surface area contributed by atoms with Crippen LogP contribution in [0.3, 0.4) is 0 Å². The van der Waals surface area contributed by atoms with E-state index in [0.29, 0.717) is 66.8 Å². The van der Waals surface area contributed by atoms with Gasteiger partial charge in [0.1, 0.15) is 17.1 Å². The molecular formula is C45H38FGeIrN3O-2. The average Bonchev–Trinajstić information content (AvgIpc) is 3.58. The summed E-state index contributed by atoms with van der Waals surface area (Å²) in [5.41, 5.74) is 5.76. The summed E-state index contributed by atoms with van der Waals surface area (Å²) in [5.74, 6) is 6.31. The Morgan fingerprint density at radius 1 is 0.750 bits per heavy atom. The third-order valence-corrected chi connectivity index (χ3v) is 12.4. The average molecular weight is 928 g/mol. The maximum absolute atomic E-state index is 13.7. The SMILES string of the molecule is [2H]C([2H])([2H])c1c[c-]c(-c2cc(C([2H])([2H])c3ccccc3)[c]([Ge]([CH3])([CH3])[CH3])cn2)cc1.[2H]C([2H])(c1ccccc1)c1ccnc(-c2[c-]nc3oc4ccc(F)cc4c3c2)c1.[Ir]. The van der Waals surface area contributed by atoms with Crippen LogP contribution in [-0.2, 0) is 32.9 Å². The van der Waals surface area contributed by atoms with Crippen molar-refractivity contribution in [1.29, 1.82) is 0 Å². The van der Waals surface area contributed by atoms with Gasteiger partial charge in [-0.15, -0.1) is 11.6 Å². The molecule has 0 aliphatic carbocycles. The molecule has 8 aromatic rings. The minimum absolute atomic E-state index is 0. The van der Waals surface area contributed by atoms with E-state index in [4.69, 9.17) is 14.0 Å². The Balaban J connectivity index is 0.000000195. The van der Waals surface area contributed by atoms with E-state index in [1.807, 2.05) is 36.4 Å². The summed E-state index contributed by atoms with van der Waals surface area (Å²) in [6.45, 7) is -2.18. The van der Waals surface area contributed by atoms with Crippen LogP contribution in [0.15, 0.2) is 138 Å². The third-order valence-electron chi connectivity index (χ3n) is 8.19. The van der Waals surface area contributed by atoms with Crippen molar-refractivity contribution < 1.29 is 38.5 Å². The topological polar surface area (TPSA) is 51.8 Å². The van der Waals surface area contributed by atoms with Gasteiger partial charge < -0.3 is 14.4 Å². The van der Waals surface area contributed by atoms with Crippen LogP contribution >= 0.6 is 0 Å². The van der Waals surface area contributed by atoms with Gasteiger partial charge in [0, 0.05) is 34.4 Å². The summed E-state index contributed by atoms with van der Waals surface area (Å²) < 4.78 is 77.8. The number of halogens is 1. The maximum Gasteiger partial charge on any atom is 0.141 e. The van der Waals surface area contributed by atoms with Gasteiger partial charge in [0.2, 0.25) is 0 Å². The zero-order valence-electron chi connectivity index (χ0n) is 35.7. The summed E-state index contributed by atoms with van der Waals surface area (Å²) in [6.07, 6.45) is 2.93. The first-order valence-electron chi connectivity index (χ1n) is 19.9. The smallest absolute Gasteiger partial charge is 0.141 e. The van der Waals surface area contributed by atoms with E-state index < -0.39 is 32.9 Å². The first-order chi connectivity index (χ1) is 27.4. The molecule has 0 unspecified atom stereocenters. The Hall–Kier alpha value is -4.75. The standard InChI is InChI=1S/C23H14FN2O.C22H24GeN.Ir/c24-18-6-7-22-19(13-18)20-12-17(14-26-23(20)27-22)21-11-16(8-9-25-21)10-15-4-2-1-3-5-15;1-17-10-12-19(13-11-17)22-15-20(14-18-8-6-5-7-9-18)21(16-24-22)23(2,3)4;/h1-9,11-13H,10H2;5-12,15-16H,14H2,1-4H3;/q2*-1;/i10D2;1D3,14D2;. The second kappa shape index (κ2) is 16.3. The first kappa shape index (κ1) is 28.8. The van der Waals surface area contributed by atoms with E-state index in [-0.39, 0.29) is 31.5 Å². The zero-order chi connectivity index (χ0) is 41.5. The summed E-state index contributed by atoms with van der Waals surface area (Å²) in [4.78, 5) is 13.2. The second-order valence-electron chi connectivity index (χ2n) is 13.0. The number of benzene rings is 4. The fourth-order valence-corrected chi connectivity index (χ4v) is 8.55. The van der Waals surface area contributed by atoms with Crippen molar-refractivity contribution in [3.8, 4) is 22.5 Å². The Morgan fingerprint density at radius 2 is 1.48 bits per heavy atom. The van der Waals surface area contributed by atoms with Gasteiger partial charge in [-0.1, -0.05) is 36.4 Å². The Bertz CT molecular complexity index is 2720. The number of furan rings is 1. The van der Waals surface area contributed by atoms with Gasteiger partial charge in [-0.05, 0) is 59.0 Å². The number of aryl methyl sites for hydroxylation is 1. The summed E-state index contributed by atoms with van der Waals surface area (Å²) >= 11 is -2.42. The van der Waals surface area contributed by atoms with Crippen molar-refractivity contribution in [2.24, 2.45) is 0 Å². The molecule has 4 aromatic heterocycles. The van der Waals surface area contributed by atoms with Gasteiger partial charge in [0.05, 0.1) is 0 Å². The summed E-state index contributed by atoms with van der Waals surface area (Å²) in [7, 11) is 0. The molecule has 1 radical (unpaired) electrons. The minimum Gasteiger partial charge on any atom is -0.483 e. The molecule has 0 amide bonds. The van der Waals surface area contributed by atoms with Gasteiger partial charge in [-0.3, -0.25) is 0 Å². The van der Waals surface area contributed by atoms with Crippen LogP contribution in [0.25, 0.3) is 44.6 Å². The van der Waals surface area contributed by atoms with E-state index >= 15 is 0 Å². The molecule has 7 heteroatoms. The normalized spacial score (nSPS) is 14.0. The molecule has 0 aliphatic heterocycles. The molecule has 261 valence electrons. The quantitative estimate of drug-likeness (QED) is 0.118. The van der Waals surface area contributed by atoms with Crippen LogP contribution in [0.1, 0.15) is 37.4 Å². The Kier molecular flexibility index (Phi) is 9.02. The van der Waals surface area contributed by atoms with Crippen LogP contribution in [0.5, 0.6) is 0 Å². The molecule has 0 fully saturated rings. The predicted octanol–water partition coefficient (Wildman–Crippen LogP) is 10.6. The second-order valence-corrected chi connectivity index (χ2v) is 23.6. The van der Waals surface area contributed by atoms with E-state index in [0.717, 1.165) is 4.40 Å². The largest absolute Gasteiger partial charge is 0.483 e. The van der Waals surface area contributed by atoms with Gasteiger partial charge >= 0.3 is 155 Å². The molecule has 0 aliphatic rings. The number of fused-ring (bicyclic) bond motifs is 3. The number of hydrogen-bond donors (Lipinski definition) is 0. The molecule has 0 N–H and O–H groups in total. The third kappa shape index (κ3) is 8.82. The van der Waals surface area contributed by atoms with E-state index in [1.54, 1.807) is 79.1 Å². The van der Waals surface area contributed by atoms with Crippen molar-refractivity contribution in [2.45, 2.75) is 36.9 Å². The van der Waals surface area contributed by atoms with E-state index in [1.165, 1.54) is 18.2 Å². The number of nitrogens with zero attached hydrogens (tertiary/aromatic N) is 3. The number of aromatic nitrogens is 3. The van der Waals surface area contributed by atoms with Gasteiger partial charge in [0.15, 0.2) is 0 Å². The van der Waals surface area contributed by atoms with Crippen LogP contribution in [0, 0.1) is 24.9 Å². The van der Waals surface area contributed by atoms with Crippen molar-refractivity contribution >= 4 is 39.7 Å². The maximum atomic E-state index is 13.7. The van der Waals surface area contributed by atoms with Crippen LogP contribution in [0.4, 0.5) is 4.39 Å².